The Balaban J connectivity index is 1.87. The van der Waals surface area contributed by atoms with Gasteiger partial charge in [-0.3, -0.25) is 0 Å². The number of sulfone groups is 1. The standard InChI is InChI=1S/C16H26N2O4S2/c1-13(2)14-4-6-15(7-5-14)24(21,22)18-10-9-17-16(3)8-11-23(19,20)12-16/h4-7,13,17-18H,8-12H2,1-3H3/t16-/m0/s1. The van der Waals surface area contributed by atoms with Crippen molar-refractivity contribution in [2.24, 2.45) is 0 Å². The molecule has 136 valence electrons. The van der Waals surface area contributed by atoms with Gasteiger partial charge in [0.25, 0.3) is 0 Å². The zero-order chi connectivity index (χ0) is 18.0. The van der Waals surface area contributed by atoms with E-state index in [9.17, 15) is 16.8 Å². The van der Waals surface area contributed by atoms with Crippen LogP contribution in [0.5, 0.6) is 0 Å². The van der Waals surface area contributed by atoms with Gasteiger partial charge in [0.05, 0.1) is 16.4 Å². The highest BCUT2D eigenvalue weighted by atomic mass is 32.2. The van der Waals surface area contributed by atoms with E-state index in [1.165, 1.54) is 0 Å². The average molecular weight is 375 g/mol. The van der Waals surface area contributed by atoms with E-state index >= 15 is 0 Å². The van der Waals surface area contributed by atoms with E-state index in [1.54, 1.807) is 12.1 Å². The van der Waals surface area contributed by atoms with Crippen molar-refractivity contribution in [3.8, 4) is 0 Å². The molecule has 24 heavy (non-hydrogen) atoms. The molecule has 0 radical (unpaired) electrons. The van der Waals surface area contributed by atoms with Gasteiger partial charge >= 0.3 is 0 Å². The molecule has 0 aliphatic carbocycles. The quantitative estimate of drug-likeness (QED) is 0.701. The summed E-state index contributed by atoms with van der Waals surface area (Å²) >= 11 is 0. The van der Waals surface area contributed by atoms with Gasteiger partial charge in [-0.15, -0.1) is 0 Å². The lowest BCUT2D eigenvalue weighted by Crippen LogP contribution is -2.46. The van der Waals surface area contributed by atoms with Gasteiger partial charge in [-0.1, -0.05) is 26.0 Å². The van der Waals surface area contributed by atoms with Crippen molar-refractivity contribution < 1.29 is 16.8 Å². The second-order valence-electron chi connectivity index (χ2n) is 6.95. The van der Waals surface area contributed by atoms with Crippen LogP contribution in [0.25, 0.3) is 0 Å². The van der Waals surface area contributed by atoms with E-state index < -0.39 is 25.4 Å². The van der Waals surface area contributed by atoms with E-state index in [1.807, 2.05) is 19.1 Å². The fourth-order valence-corrected chi connectivity index (χ4v) is 5.97. The second kappa shape index (κ2) is 7.11. The molecule has 0 amide bonds. The first kappa shape index (κ1) is 19.4. The molecule has 1 aromatic rings. The molecule has 1 fully saturated rings. The maximum Gasteiger partial charge on any atom is 0.240 e. The van der Waals surface area contributed by atoms with Crippen LogP contribution in [0.2, 0.25) is 0 Å². The number of sulfonamides is 1. The maximum absolute atomic E-state index is 12.3. The molecule has 0 bridgehead atoms. The van der Waals surface area contributed by atoms with Crippen LogP contribution >= 0.6 is 0 Å². The van der Waals surface area contributed by atoms with Crippen LogP contribution in [0, 0.1) is 0 Å². The predicted molar refractivity (Wildman–Crippen MR) is 95.4 cm³/mol. The number of nitrogens with one attached hydrogen (secondary N) is 2. The SMILES string of the molecule is CC(C)c1ccc(S(=O)(=O)NCCN[C@@]2(C)CCS(=O)(=O)C2)cc1. The molecule has 0 saturated carbocycles. The molecule has 1 aromatic carbocycles. The van der Waals surface area contributed by atoms with Crippen molar-refractivity contribution in [2.75, 3.05) is 24.6 Å². The third-order valence-electron chi connectivity index (χ3n) is 4.33. The minimum Gasteiger partial charge on any atom is -0.309 e. The average Bonchev–Trinajstić information content (AvgIpc) is 2.78. The Kier molecular flexibility index (Phi) is 5.74. The Bertz CT molecular complexity index is 771. The summed E-state index contributed by atoms with van der Waals surface area (Å²) in [7, 11) is -6.52. The zero-order valence-corrected chi connectivity index (χ0v) is 16.0. The zero-order valence-electron chi connectivity index (χ0n) is 14.4. The van der Waals surface area contributed by atoms with Gasteiger partial charge in [0.1, 0.15) is 0 Å². The fraction of sp³-hybridized carbons (Fsp3) is 0.625. The summed E-state index contributed by atoms with van der Waals surface area (Å²) in [5, 5.41) is 3.16. The molecule has 2 rings (SSSR count). The van der Waals surface area contributed by atoms with Crippen LogP contribution in [0.15, 0.2) is 29.2 Å². The van der Waals surface area contributed by atoms with Crippen LogP contribution in [-0.4, -0.2) is 47.0 Å². The number of hydrogen-bond donors (Lipinski definition) is 2. The van der Waals surface area contributed by atoms with Gasteiger partial charge in [-0.05, 0) is 37.0 Å². The minimum absolute atomic E-state index is 0.101. The fourth-order valence-electron chi connectivity index (χ4n) is 2.81. The summed E-state index contributed by atoms with van der Waals surface area (Å²) in [5.41, 5.74) is 0.620. The Morgan fingerprint density at radius 2 is 1.79 bits per heavy atom. The molecule has 0 spiro atoms. The second-order valence-corrected chi connectivity index (χ2v) is 10.9. The predicted octanol–water partition coefficient (Wildman–Crippen LogP) is 1.26. The van der Waals surface area contributed by atoms with Crippen molar-refractivity contribution in [1.29, 1.82) is 0 Å². The van der Waals surface area contributed by atoms with Crippen LogP contribution in [0.3, 0.4) is 0 Å². The smallest absolute Gasteiger partial charge is 0.240 e. The van der Waals surface area contributed by atoms with Crippen molar-refractivity contribution in [2.45, 2.75) is 43.5 Å². The van der Waals surface area contributed by atoms with Gasteiger partial charge in [0, 0.05) is 18.6 Å². The van der Waals surface area contributed by atoms with Crippen molar-refractivity contribution in [1.82, 2.24) is 10.0 Å². The van der Waals surface area contributed by atoms with Crippen molar-refractivity contribution in [3.05, 3.63) is 29.8 Å². The highest BCUT2D eigenvalue weighted by molar-refractivity contribution is 7.91. The van der Waals surface area contributed by atoms with Gasteiger partial charge in [0.2, 0.25) is 10.0 Å². The lowest BCUT2D eigenvalue weighted by atomic mass is 10.0. The van der Waals surface area contributed by atoms with E-state index in [2.05, 4.69) is 23.9 Å². The largest absolute Gasteiger partial charge is 0.309 e. The number of rotatable bonds is 7. The first-order chi connectivity index (χ1) is 11.0. The Hall–Kier alpha value is -0.960. The monoisotopic (exact) mass is 374 g/mol. The summed E-state index contributed by atoms with van der Waals surface area (Å²) in [4.78, 5) is 0.238. The Morgan fingerprint density at radius 3 is 2.29 bits per heavy atom. The number of hydrogen-bond acceptors (Lipinski definition) is 5. The molecular weight excluding hydrogens is 348 g/mol. The van der Waals surface area contributed by atoms with Crippen LogP contribution in [-0.2, 0) is 19.9 Å². The molecular formula is C16H26N2O4S2. The third kappa shape index (κ3) is 5.02. The molecule has 6 nitrogen and oxygen atoms in total. The van der Waals surface area contributed by atoms with Gasteiger partial charge < -0.3 is 5.32 Å². The first-order valence-electron chi connectivity index (χ1n) is 8.08. The van der Waals surface area contributed by atoms with Gasteiger partial charge in [-0.25, -0.2) is 21.6 Å². The Morgan fingerprint density at radius 1 is 1.17 bits per heavy atom. The molecule has 1 heterocycles. The van der Waals surface area contributed by atoms with Gasteiger partial charge in [0.15, 0.2) is 9.84 Å². The summed E-state index contributed by atoms with van der Waals surface area (Å²) in [5.74, 6) is 0.635. The molecule has 8 heteroatoms. The maximum atomic E-state index is 12.3. The first-order valence-corrected chi connectivity index (χ1v) is 11.4. The molecule has 1 aliphatic rings. The summed E-state index contributed by atoms with van der Waals surface area (Å²) < 4.78 is 50.2. The van der Waals surface area contributed by atoms with Crippen molar-refractivity contribution >= 4 is 19.9 Å². The number of benzene rings is 1. The molecule has 0 unspecified atom stereocenters. The van der Waals surface area contributed by atoms with E-state index in [-0.39, 0.29) is 22.9 Å². The summed E-state index contributed by atoms with van der Waals surface area (Å²) in [6, 6.07) is 6.86. The summed E-state index contributed by atoms with van der Waals surface area (Å²) in [6.45, 7) is 6.56. The Labute approximate surface area is 145 Å². The lowest BCUT2D eigenvalue weighted by Gasteiger charge is -2.24. The molecule has 0 aromatic heterocycles. The molecule has 1 aliphatic heterocycles. The minimum atomic E-state index is -3.55. The highest BCUT2D eigenvalue weighted by Gasteiger charge is 2.37. The van der Waals surface area contributed by atoms with Crippen molar-refractivity contribution in [3.63, 3.8) is 0 Å². The molecule has 1 atom stereocenters. The van der Waals surface area contributed by atoms with Gasteiger partial charge in [-0.2, -0.15) is 0 Å². The molecule has 1 saturated heterocycles. The van der Waals surface area contributed by atoms with E-state index in [0.29, 0.717) is 18.9 Å². The van der Waals surface area contributed by atoms with Crippen LogP contribution < -0.4 is 10.0 Å². The van der Waals surface area contributed by atoms with E-state index in [0.717, 1.165) is 5.56 Å². The third-order valence-corrected chi connectivity index (χ3v) is 7.71. The van der Waals surface area contributed by atoms with Crippen LogP contribution in [0.1, 0.15) is 38.7 Å². The van der Waals surface area contributed by atoms with E-state index in [4.69, 9.17) is 0 Å². The summed E-state index contributed by atoms with van der Waals surface area (Å²) in [6.07, 6.45) is 0.554. The lowest BCUT2D eigenvalue weighted by molar-refractivity contribution is 0.400. The normalized spacial score (nSPS) is 23.7. The topological polar surface area (TPSA) is 92.3 Å². The van der Waals surface area contributed by atoms with Crippen LogP contribution in [0.4, 0.5) is 0 Å². The highest BCUT2D eigenvalue weighted by Crippen LogP contribution is 2.22. The molecule has 2 N–H and O–H groups in total.